The van der Waals surface area contributed by atoms with Crippen LogP contribution in [0, 0.1) is 6.92 Å². The molecule has 0 spiro atoms. The lowest BCUT2D eigenvalue weighted by atomic mass is 10.1. The molecule has 20 heavy (non-hydrogen) atoms. The van der Waals surface area contributed by atoms with E-state index >= 15 is 0 Å². The number of hydrogen-bond acceptors (Lipinski definition) is 3. The van der Waals surface area contributed by atoms with Crippen LogP contribution in [-0.2, 0) is 16.4 Å². The van der Waals surface area contributed by atoms with Crippen LogP contribution in [0.2, 0.25) is 0 Å². The molecular weight excluding hydrogens is 272 g/mol. The van der Waals surface area contributed by atoms with Gasteiger partial charge in [0, 0.05) is 6.54 Å². The zero-order valence-electron chi connectivity index (χ0n) is 11.3. The lowest BCUT2D eigenvalue weighted by Crippen LogP contribution is -2.16. The predicted molar refractivity (Wildman–Crippen MR) is 81.2 cm³/mol. The van der Waals surface area contributed by atoms with E-state index in [2.05, 4.69) is 5.32 Å². The van der Waals surface area contributed by atoms with Crippen LogP contribution in [0.5, 0.6) is 0 Å². The van der Waals surface area contributed by atoms with Crippen molar-refractivity contribution in [3.05, 3.63) is 59.7 Å². The molecule has 3 N–H and O–H groups in total. The zero-order valence-corrected chi connectivity index (χ0v) is 12.2. The van der Waals surface area contributed by atoms with Crippen molar-refractivity contribution >= 4 is 15.7 Å². The van der Waals surface area contributed by atoms with Crippen molar-refractivity contribution in [2.75, 3.05) is 11.9 Å². The van der Waals surface area contributed by atoms with E-state index < -0.39 is 10.0 Å². The van der Waals surface area contributed by atoms with Gasteiger partial charge in [-0.1, -0.05) is 36.4 Å². The second-order valence-electron chi connectivity index (χ2n) is 4.71. The Hall–Kier alpha value is -1.85. The van der Waals surface area contributed by atoms with Crippen LogP contribution in [0.3, 0.4) is 0 Å². The molecule has 0 heterocycles. The number of hydrogen-bond donors (Lipinski definition) is 2. The average molecular weight is 290 g/mol. The highest BCUT2D eigenvalue weighted by molar-refractivity contribution is 7.89. The Bertz CT molecular complexity index is 682. The average Bonchev–Trinajstić information content (AvgIpc) is 2.38. The van der Waals surface area contributed by atoms with E-state index in [9.17, 15) is 8.42 Å². The number of rotatable bonds is 5. The summed E-state index contributed by atoms with van der Waals surface area (Å²) in [5.41, 5.74) is 2.74. The number of aryl methyl sites for hydroxylation is 1. The van der Waals surface area contributed by atoms with Crippen LogP contribution < -0.4 is 10.5 Å². The highest BCUT2D eigenvalue weighted by atomic mass is 32.2. The first-order valence-corrected chi connectivity index (χ1v) is 7.93. The van der Waals surface area contributed by atoms with Gasteiger partial charge in [0.15, 0.2) is 0 Å². The fourth-order valence-electron chi connectivity index (χ4n) is 2.02. The third-order valence-electron chi connectivity index (χ3n) is 3.01. The number of nitrogens with one attached hydrogen (secondary N) is 1. The monoisotopic (exact) mass is 290 g/mol. The minimum atomic E-state index is -3.71. The molecule has 0 aliphatic rings. The molecule has 0 radical (unpaired) electrons. The Labute approximate surface area is 119 Å². The molecule has 0 amide bonds. The minimum absolute atomic E-state index is 0.135. The molecule has 0 atom stereocenters. The van der Waals surface area contributed by atoms with Crippen molar-refractivity contribution in [2.24, 2.45) is 5.14 Å². The Morgan fingerprint density at radius 1 is 1.10 bits per heavy atom. The quantitative estimate of drug-likeness (QED) is 0.887. The molecule has 0 saturated carbocycles. The Morgan fingerprint density at radius 2 is 1.80 bits per heavy atom. The maximum Gasteiger partial charge on any atom is 0.240 e. The van der Waals surface area contributed by atoms with Gasteiger partial charge in [-0.3, -0.25) is 0 Å². The van der Waals surface area contributed by atoms with E-state index in [-0.39, 0.29) is 4.90 Å². The van der Waals surface area contributed by atoms with E-state index in [0.29, 0.717) is 12.2 Å². The fourth-order valence-corrected chi connectivity index (χ4v) is 2.71. The summed E-state index contributed by atoms with van der Waals surface area (Å²) in [6.07, 6.45) is 0.818. The summed E-state index contributed by atoms with van der Waals surface area (Å²) in [6, 6.07) is 15.1. The number of nitrogens with two attached hydrogens (primary N) is 1. The molecule has 0 aliphatic heterocycles. The van der Waals surface area contributed by atoms with E-state index in [1.165, 1.54) is 11.6 Å². The van der Waals surface area contributed by atoms with Crippen molar-refractivity contribution in [1.29, 1.82) is 0 Å². The van der Waals surface area contributed by atoms with Gasteiger partial charge in [-0.15, -0.1) is 0 Å². The molecule has 0 saturated heterocycles. The predicted octanol–water partition coefficient (Wildman–Crippen LogP) is 2.30. The van der Waals surface area contributed by atoms with E-state index in [4.69, 9.17) is 5.14 Å². The van der Waals surface area contributed by atoms with E-state index in [1.807, 2.05) is 37.3 Å². The largest absolute Gasteiger partial charge is 0.384 e. The first-order chi connectivity index (χ1) is 9.47. The molecule has 2 aromatic rings. The molecular formula is C15H18N2O2S. The van der Waals surface area contributed by atoms with Crippen molar-refractivity contribution in [3.8, 4) is 0 Å². The molecule has 2 rings (SSSR count). The van der Waals surface area contributed by atoms with Gasteiger partial charge in [0.25, 0.3) is 0 Å². The molecule has 0 unspecified atom stereocenters. The smallest absolute Gasteiger partial charge is 0.240 e. The van der Waals surface area contributed by atoms with Gasteiger partial charge < -0.3 is 5.32 Å². The van der Waals surface area contributed by atoms with Crippen LogP contribution in [0.4, 0.5) is 5.69 Å². The van der Waals surface area contributed by atoms with Crippen LogP contribution in [-0.4, -0.2) is 15.0 Å². The fraction of sp³-hybridized carbons (Fsp3) is 0.200. The third-order valence-corrected chi connectivity index (χ3v) is 3.98. The maximum atomic E-state index is 11.5. The second-order valence-corrected chi connectivity index (χ2v) is 6.24. The summed E-state index contributed by atoms with van der Waals surface area (Å²) in [4.78, 5) is 0.135. The lowest BCUT2D eigenvalue weighted by Gasteiger charge is -2.11. The van der Waals surface area contributed by atoms with Crippen molar-refractivity contribution in [3.63, 3.8) is 0 Å². The van der Waals surface area contributed by atoms with Crippen molar-refractivity contribution in [2.45, 2.75) is 18.2 Å². The SMILES string of the molecule is Cc1ccc(S(N)(=O)=O)c(NCCc2ccccc2)c1. The van der Waals surface area contributed by atoms with Crippen molar-refractivity contribution in [1.82, 2.24) is 0 Å². The zero-order chi connectivity index (χ0) is 14.6. The van der Waals surface area contributed by atoms with Crippen LogP contribution in [0.1, 0.15) is 11.1 Å². The topological polar surface area (TPSA) is 72.2 Å². The molecule has 4 nitrogen and oxygen atoms in total. The number of primary sulfonamides is 1. The standard InChI is InChI=1S/C15H18N2O2S/c1-12-7-8-15(20(16,18)19)14(11-12)17-10-9-13-5-3-2-4-6-13/h2-8,11,17H,9-10H2,1H3,(H2,16,18,19). The summed E-state index contributed by atoms with van der Waals surface area (Å²) >= 11 is 0. The normalized spacial score (nSPS) is 11.3. The number of sulfonamides is 1. The summed E-state index contributed by atoms with van der Waals surface area (Å²) in [7, 11) is -3.71. The van der Waals surface area contributed by atoms with E-state index in [0.717, 1.165) is 12.0 Å². The molecule has 0 aliphatic carbocycles. The number of benzene rings is 2. The molecule has 0 aromatic heterocycles. The molecule has 0 bridgehead atoms. The maximum absolute atomic E-state index is 11.5. The molecule has 2 aromatic carbocycles. The first kappa shape index (κ1) is 14.6. The third kappa shape index (κ3) is 3.82. The summed E-state index contributed by atoms with van der Waals surface area (Å²) in [5.74, 6) is 0. The molecule has 106 valence electrons. The molecule has 5 heteroatoms. The van der Waals surface area contributed by atoms with Gasteiger partial charge in [-0.25, -0.2) is 13.6 Å². The highest BCUT2D eigenvalue weighted by Gasteiger charge is 2.13. The van der Waals surface area contributed by atoms with Gasteiger partial charge in [0.2, 0.25) is 10.0 Å². The Balaban J connectivity index is 2.11. The van der Waals surface area contributed by atoms with Gasteiger partial charge in [0.05, 0.1) is 5.69 Å². The summed E-state index contributed by atoms with van der Waals surface area (Å²) < 4.78 is 23.1. The Kier molecular flexibility index (Phi) is 4.42. The summed E-state index contributed by atoms with van der Waals surface area (Å²) in [5, 5.41) is 8.37. The van der Waals surface area contributed by atoms with E-state index in [1.54, 1.807) is 12.1 Å². The van der Waals surface area contributed by atoms with Crippen molar-refractivity contribution < 1.29 is 8.42 Å². The second kappa shape index (κ2) is 6.07. The lowest BCUT2D eigenvalue weighted by molar-refractivity contribution is 0.598. The van der Waals surface area contributed by atoms with Crippen LogP contribution in [0.15, 0.2) is 53.4 Å². The van der Waals surface area contributed by atoms with Crippen LogP contribution in [0.25, 0.3) is 0 Å². The highest BCUT2D eigenvalue weighted by Crippen LogP contribution is 2.21. The first-order valence-electron chi connectivity index (χ1n) is 6.38. The van der Waals surface area contributed by atoms with Gasteiger partial charge in [-0.05, 0) is 36.6 Å². The van der Waals surface area contributed by atoms with Gasteiger partial charge >= 0.3 is 0 Å². The van der Waals surface area contributed by atoms with Gasteiger partial charge in [0.1, 0.15) is 4.90 Å². The summed E-state index contributed by atoms with van der Waals surface area (Å²) in [6.45, 7) is 2.56. The Morgan fingerprint density at radius 3 is 2.45 bits per heavy atom. The minimum Gasteiger partial charge on any atom is -0.384 e. The molecule has 0 fully saturated rings. The van der Waals surface area contributed by atoms with Gasteiger partial charge in [-0.2, -0.15) is 0 Å². The number of anilines is 1. The van der Waals surface area contributed by atoms with Crippen LogP contribution >= 0.6 is 0 Å².